The van der Waals surface area contributed by atoms with E-state index in [4.69, 9.17) is 0 Å². The van der Waals surface area contributed by atoms with Crippen molar-refractivity contribution in [1.29, 1.82) is 0 Å². The van der Waals surface area contributed by atoms with Gasteiger partial charge < -0.3 is 10.4 Å². The summed E-state index contributed by atoms with van der Waals surface area (Å²) in [6.45, 7) is 2.13. The molecule has 1 atom stereocenters. The Hall–Kier alpha value is -0.790. The third kappa shape index (κ3) is 4.47. The summed E-state index contributed by atoms with van der Waals surface area (Å²) in [4.78, 5) is 10.1. The Morgan fingerprint density at radius 2 is 2.28 bits per heavy atom. The molecule has 0 saturated heterocycles. The van der Waals surface area contributed by atoms with Gasteiger partial charge in [0.15, 0.2) is 0 Å². The number of nitrogens with one attached hydrogen (secondary N) is 1. The van der Waals surface area contributed by atoms with Crippen molar-refractivity contribution in [3.05, 3.63) is 32.8 Å². The van der Waals surface area contributed by atoms with Crippen LogP contribution >= 0.6 is 27.7 Å². The van der Waals surface area contributed by atoms with Crippen molar-refractivity contribution in [1.82, 2.24) is 0 Å². The minimum absolute atomic E-state index is 0.0308. The summed E-state index contributed by atoms with van der Waals surface area (Å²) < 4.78 is 0.608. The second-order valence-corrected chi connectivity index (χ2v) is 5.93. The highest BCUT2D eigenvalue weighted by Crippen LogP contribution is 2.27. The Kier molecular flexibility index (Phi) is 5.43. The molecule has 0 aromatic heterocycles. The number of rotatable bonds is 6. The Balaban J connectivity index is 2.71. The zero-order chi connectivity index (χ0) is 13.8. The predicted molar refractivity (Wildman–Crippen MR) is 78.3 cm³/mol. The normalized spacial score (nSPS) is 14.0. The quantitative estimate of drug-likeness (QED) is 0.618. The standard InChI is InChI=1S/C11H15BrN2O3S/c1-11(15,7-18-2)6-13-10-4-3-8(14(16)17)5-9(10)12/h3-5,13,15H,6-7H2,1-2H3. The van der Waals surface area contributed by atoms with Crippen molar-refractivity contribution in [3.63, 3.8) is 0 Å². The number of hydrogen-bond acceptors (Lipinski definition) is 5. The average Bonchev–Trinajstić information content (AvgIpc) is 2.27. The van der Waals surface area contributed by atoms with Gasteiger partial charge in [-0.3, -0.25) is 10.1 Å². The lowest BCUT2D eigenvalue weighted by Gasteiger charge is -2.23. The molecule has 0 aliphatic carbocycles. The molecule has 0 spiro atoms. The van der Waals surface area contributed by atoms with Crippen molar-refractivity contribution in [2.24, 2.45) is 0 Å². The Morgan fingerprint density at radius 1 is 1.61 bits per heavy atom. The van der Waals surface area contributed by atoms with Crippen molar-refractivity contribution >= 4 is 39.1 Å². The largest absolute Gasteiger partial charge is 0.387 e. The molecule has 0 radical (unpaired) electrons. The van der Waals surface area contributed by atoms with E-state index in [1.165, 1.54) is 12.1 Å². The lowest BCUT2D eigenvalue weighted by Crippen LogP contribution is -2.36. The van der Waals surface area contributed by atoms with Crippen molar-refractivity contribution in [2.45, 2.75) is 12.5 Å². The summed E-state index contributed by atoms with van der Waals surface area (Å²) in [5.41, 5.74) is -0.0639. The van der Waals surface area contributed by atoms with Crippen molar-refractivity contribution in [3.8, 4) is 0 Å². The summed E-state index contributed by atoms with van der Waals surface area (Å²) >= 11 is 4.83. The van der Waals surface area contributed by atoms with E-state index in [9.17, 15) is 15.2 Å². The zero-order valence-corrected chi connectivity index (χ0v) is 12.5. The maximum atomic E-state index is 10.6. The SMILES string of the molecule is CSCC(C)(O)CNc1ccc([N+](=O)[O-])cc1Br. The first kappa shape index (κ1) is 15.3. The van der Waals surface area contributed by atoms with Crippen LogP contribution in [0.15, 0.2) is 22.7 Å². The number of aliphatic hydroxyl groups is 1. The van der Waals surface area contributed by atoms with Gasteiger partial charge in [0, 0.05) is 34.6 Å². The summed E-state index contributed by atoms with van der Waals surface area (Å²) in [5.74, 6) is 0.616. The number of benzene rings is 1. The van der Waals surface area contributed by atoms with Crippen LogP contribution in [0.25, 0.3) is 0 Å². The fourth-order valence-corrected chi connectivity index (χ4v) is 2.64. The molecule has 18 heavy (non-hydrogen) atoms. The van der Waals surface area contributed by atoms with Gasteiger partial charge >= 0.3 is 0 Å². The predicted octanol–water partition coefficient (Wildman–Crippen LogP) is 2.88. The van der Waals surface area contributed by atoms with E-state index < -0.39 is 10.5 Å². The lowest BCUT2D eigenvalue weighted by molar-refractivity contribution is -0.384. The highest BCUT2D eigenvalue weighted by molar-refractivity contribution is 9.10. The van der Waals surface area contributed by atoms with Gasteiger partial charge in [-0.25, -0.2) is 0 Å². The number of nitro benzene ring substituents is 1. The molecule has 0 saturated carbocycles. The van der Waals surface area contributed by atoms with Gasteiger partial charge in [0.25, 0.3) is 5.69 Å². The van der Waals surface area contributed by atoms with Crippen LogP contribution in [0, 0.1) is 10.1 Å². The number of anilines is 1. The smallest absolute Gasteiger partial charge is 0.270 e. The molecule has 1 rings (SSSR count). The number of nitro groups is 1. The fraction of sp³-hybridized carbons (Fsp3) is 0.455. The molecule has 5 nitrogen and oxygen atoms in total. The van der Waals surface area contributed by atoms with Crippen molar-refractivity contribution < 1.29 is 10.0 Å². The molecular formula is C11H15BrN2O3S. The van der Waals surface area contributed by atoms with Crippen LogP contribution in [0.1, 0.15) is 6.92 Å². The second-order valence-electron chi connectivity index (χ2n) is 4.20. The highest BCUT2D eigenvalue weighted by atomic mass is 79.9. The van der Waals surface area contributed by atoms with Crippen LogP contribution in [0.3, 0.4) is 0 Å². The zero-order valence-electron chi connectivity index (χ0n) is 10.1. The maximum Gasteiger partial charge on any atom is 0.270 e. The molecule has 0 bridgehead atoms. The van der Waals surface area contributed by atoms with E-state index >= 15 is 0 Å². The topological polar surface area (TPSA) is 75.4 Å². The van der Waals surface area contributed by atoms with Gasteiger partial charge in [-0.05, 0) is 35.2 Å². The Bertz CT molecular complexity index is 440. The molecule has 0 fully saturated rings. The summed E-state index contributed by atoms with van der Waals surface area (Å²) in [6, 6.07) is 4.49. The number of halogens is 1. The third-order valence-corrected chi connectivity index (χ3v) is 3.85. The molecule has 0 heterocycles. The van der Waals surface area contributed by atoms with E-state index in [1.807, 2.05) is 6.26 Å². The Labute approximate surface area is 118 Å². The minimum Gasteiger partial charge on any atom is -0.387 e. The molecule has 1 aromatic rings. The molecule has 0 amide bonds. The molecular weight excluding hydrogens is 320 g/mol. The monoisotopic (exact) mass is 334 g/mol. The first-order valence-electron chi connectivity index (χ1n) is 5.25. The molecule has 100 valence electrons. The van der Waals surface area contributed by atoms with Gasteiger partial charge in [-0.1, -0.05) is 0 Å². The lowest BCUT2D eigenvalue weighted by atomic mass is 10.1. The van der Waals surface area contributed by atoms with Gasteiger partial charge in [-0.2, -0.15) is 11.8 Å². The maximum absolute atomic E-state index is 10.6. The first-order valence-corrected chi connectivity index (χ1v) is 7.43. The molecule has 1 aromatic carbocycles. The van der Waals surface area contributed by atoms with E-state index in [0.29, 0.717) is 16.8 Å². The summed E-state index contributed by atoms with van der Waals surface area (Å²) in [7, 11) is 0. The van der Waals surface area contributed by atoms with E-state index in [-0.39, 0.29) is 5.69 Å². The molecule has 0 aliphatic heterocycles. The van der Waals surface area contributed by atoms with Crippen molar-refractivity contribution in [2.75, 3.05) is 23.9 Å². The van der Waals surface area contributed by atoms with Crippen LogP contribution in [0.2, 0.25) is 0 Å². The van der Waals surface area contributed by atoms with Gasteiger partial charge in [0.2, 0.25) is 0 Å². The van der Waals surface area contributed by atoms with Gasteiger partial charge in [-0.15, -0.1) is 0 Å². The van der Waals surface area contributed by atoms with Crippen LogP contribution in [0.4, 0.5) is 11.4 Å². The van der Waals surface area contributed by atoms with E-state index in [0.717, 1.165) is 5.69 Å². The average molecular weight is 335 g/mol. The third-order valence-electron chi connectivity index (χ3n) is 2.28. The molecule has 1 unspecified atom stereocenters. The van der Waals surface area contributed by atoms with E-state index in [2.05, 4.69) is 21.2 Å². The Morgan fingerprint density at radius 3 is 2.78 bits per heavy atom. The number of thioether (sulfide) groups is 1. The first-order chi connectivity index (χ1) is 8.35. The van der Waals surface area contributed by atoms with Crippen LogP contribution in [0.5, 0.6) is 0 Å². The molecule has 7 heteroatoms. The van der Waals surface area contributed by atoms with Crippen LogP contribution in [-0.2, 0) is 0 Å². The number of nitrogens with zero attached hydrogens (tertiary/aromatic N) is 1. The van der Waals surface area contributed by atoms with E-state index in [1.54, 1.807) is 24.8 Å². The van der Waals surface area contributed by atoms with Gasteiger partial charge in [0.1, 0.15) is 0 Å². The second kappa shape index (κ2) is 6.40. The van der Waals surface area contributed by atoms with Gasteiger partial charge in [0.05, 0.1) is 10.5 Å². The number of non-ortho nitro benzene ring substituents is 1. The summed E-state index contributed by atoms with van der Waals surface area (Å²) in [6.07, 6.45) is 1.93. The fourth-order valence-electron chi connectivity index (χ4n) is 1.41. The number of hydrogen-bond donors (Lipinski definition) is 2. The summed E-state index contributed by atoms with van der Waals surface area (Å²) in [5, 5.41) is 23.7. The highest BCUT2D eigenvalue weighted by Gasteiger charge is 2.19. The van der Waals surface area contributed by atoms with Crippen LogP contribution in [-0.4, -0.2) is 34.2 Å². The minimum atomic E-state index is -0.819. The molecule has 2 N–H and O–H groups in total. The molecule has 0 aliphatic rings. The van der Waals surface area contributed by atoms with Crippen LogP contribution < -0.4 is 5.32 Å².